The second-order valence-corrected chi connectivity index (χ2v) is 6.98. The van der Waals surface area contributed by atoms with Gasteiger partial charge in [0.25, 0.3) is 0 Å². The zero-order chi connectivity index (χ0) is 14.9. The zero-order valence-electron chi connectivity index (χ0n) is 13.0. The average Bonchev–Trinajstić information content (AvgIpc) is 2.75. The zero-order valence-corrected chi connectivity index (χ0v) is 13.8. The molecule has 1 saturated heterocycles. The maximum atomic E-state index is 3.51. The molecule has 0 saturated carbocycles. The molecular formula is C19H22N2S. The summed E-state index contributed by atoms with van der Waals surface area (Å²) in [5.74, 6) is 0. The fourth-order valence-corrected chi connectivity index (χ4v) is 4.42. The summed E-state index contributed by atoms with van der Waals surface area (Å²) in [6.45, 7) is 3.39. The van der Waals surface area contributed by atoms with Crippen molar-refractivity contribution in [3.8, 4) is 11.1 Å². The highest BCUT2D eigenvalue weighted by Gasteiger charge is 2.30. The topological polar surface area (TPSA) is 15.3 Å². The van der Waals surface area contributed by atoms with Crippen molar-refractivity contribution in [1.82, 2.24) is 5.32 Å². The van der Waals surface area contributed by atoms with Crippen LogP contribution in [-0.4, -0.2) is 31.9 Å². The molecule has 0 aliphatic carbocycles. The summed E-state index contributed by atoms with van der Waals surface area (Å²) in [6.07, 6.45) is 4.61. The van der Waals surface area contributed by atoms with Crippen LogP contribution in [0.5, 0.6) is 0 Å². The second-order valence-electron chi connectivity index (χ2n) is 6.13. The summed E-state index contributed by atoms with van der Waals surface area (Å²) in [7, 11) is 0. The number of anilines is 1. The van der Waals surface area contributed by atoms with E-state index in [0.717, 1.165) is 19.6 Å². The minimum absolute atomic E-state index is 0.691. The number of nitrogens with one attached hydrogen (secondary N) is 1. The second kappa shape index (κ2) is 5.98. The van der Waals surface area contributed by atoms with Gasteiger partial charge in [0.1, 0.15) is 0 Å². The van der Waals surface area contributed by atoms with Crippen LogP contribution in [0.3, 0.4) is 0 Å². The Morgan fingerprint density at radius 1 is 1.14 bits per heavy atom. The van der Waals surface area contributed by atoms with Gasteiger partial charge in [0.05, 0.1) is 0 Å². The average molecular weight is 310 g/mol. The smallest absolute Gasteiger partial charge is 0.0403 e. The summed E-state index contributed by atoms with van der Waals surface area (Å²) < 4.78 is 0. The van der Waals surface area contributed by atoms with Gasteiger partial charge in [-0.2, -0.15) is 0 Å². The van der Waals surface area contributed by atoms with Gasteiger partial charge in [0.15, 0.2) is 0 Å². The lowest BCUT2D eigenvalue weighted by molar-refractivity contribution is 0.612. The Bertz CT molecular complexity index is 683. The van der Waals surface area contributed by atoms with Crippen LogP contribution < -0.4 is 10.2 Å². The van der Waals surface area contributed by atoms with E-state index in [4.69, 9.17) is 0 Å². The van der Waals surface area contributed by atoms with E-state index in [0.29, 0.717) is 6.04 Å². The van der Waals surface area contributed by atoms with Gasteiger partial charge in [-0.15, -0.1) is 11.8 Å². The number of rotatable bonds is 2. The molecule has 1 fully saturated rings. The summed E-state index contributed by atoms with van der Waals surface area (Å²) >= 11 is 1.83. The maximum absolute atomic E-state index is 3.51. The maximum Gasteiger partial charge on any atom is 0.0403 e. The first-order valence-corrected chi connectivity index (χ1v) is 9.33. The van der Waals surface area contributed by atoms with Crippen molar-refractivity contribution in [3.63, 3.8) is 0 Å². The lowest BCUT2D eigenvalue weighted by Gasteiger charge is -2.24. The number of nitrogens with zero attached hydrogens (tertiary/aromatic N) is 1. The molecule has 22 heavy (non-hydrogen) atoms. The van der Waals surface area contributed by atoms with Crippen molar-refractivity contribution in [2.75, 3.05) is 30.8 Å². The van der Waals surface area contributed by atoms with Gasteiger partial charge in [-0.05, 0) is 60.5 Å². The molecular weight excluding hydrogens is 288 g/mol. The highest BCUT2D eigenvalue weighted by atomic mass is 32.2. The Balaban J connectivity index is 1.72. The molecule has 2 aromatic rings. The van der Waals surface area contributed by atoms with Gasteiger partial charge in [0, 0.05) is 29.7 Å². The van der Waals surface area contributed by atoms with Crippen LogP contribution in [0.1, 0.15) is 12.0 Å². The molecule has 1 N–H and O–H groups in total. The van der Waals surface area contributed by atoms with Crippen molar-refractivity contribution in [3.05, 3.63) is 48.0 Å². The van der Waals surface area contributed by atoms with E-state index < -0.39 is 0 Å². The van der Waals surface area contributed by atoms with Crippen molar-refractivity contribution in [2.24, 2.45) is 0 Å². The molecule has 0 amide bonds. The van der Waals surface area contributed by atoms with Gasteiger partial charge in [0.2, 0.25) is 0 Å². The van der Waals surface area contributed by atoms with Crippen LogP contribution in [0.15, 0.2) is 47.4 Å². The molecule has 3 heteroatoms. The van der Waals surface area contributed by atoms with Gasteiger partial charge in [-0.1, -0.05) is 24.3 Å². The van der Waals surface area contributed by atoms with Gasteiger partial charge >= 0.3 is 0 Å². The van der Waals surface area contributed by atoms with Crippen LogP contribution >= 0.6 is 11.8 Å². The Hall–Kier alpha value is -1.45. The minimum atomic E-state index is 0.691. The van der Waals surface area contributed by atoms with Crippen LogP contribution in [0, 0.1) is 0 Å². The Labute approximate surface area is 136 Å². The highest BCUT2D eigenvalue weighted by Crippen LogP contribution is 2.38. The number of hydrogen-bond donors (Lipinski definition) is 1. The first-order valence-electron chi connectivity index (χ1n) is 8.10. The molecule has 2 nitrogen and oxygen atoms in total. The van der Waals surface area contributed by atoms with Crippen molar-refractivity contribution >= 4 is 17.4 Å². The van der Waals surface area contributed by atoms with E-state index in [-0.39, 0.29) is 0 Å². The minimum Gasteiger partial charge on any atom is -0.367 e. The Morgan fingerprint density at radius 3 is 2.95 bits per heavy atom. The normalized spacial score (nSPS) is 20.4. The quantitative estimate of drug-likeness (QED) is 0.849. The molecule has 2 aliphatic heterocycles. The van der Waals surface area contributed by atoms with E-state index in [1.54, 1.807) is 0 Å². The van der Waals surface area contributed by atoms with Crippen LogP contribution in [0.2, 0.25) is 0 Å². The number of benzene rings is 2. The molecule has 0 radical (unpaired) electrons. The SMILES string of the molecule is CSc1ccccc1-c1ccc2c(c1)CC1CCNCCN21. The lowest BCUT2D eigenvalue weighted by atomic mass is 10.0. The van der Waals surface area contributed by atoms with Gasteiger partial charge in [-0.3, -0.25) is 0 Å². The van der Waals surface area contributed by atoms with Crippen molar-refractivity contribution in [2.45, 2.75) is 23.8 Å². The third kappa shape index (κ3) is 2.42. The van der Waals surface area contributed by atoms with E-state index in [1.165, 1.54) is 40.1 Å². The summed E-state index contributed by atoms with van der Waals surface area (Å²) in [4.78, 5) is 3.97. The first-order chi connectivity index (χ1) is 10.9. The third-order valence-electron chi connectivity index (χ3n) is 4.89. The molecule has 114 valence electrons. The largest absolute Gasteiger partial charge is 0.367 e. The van der Waals surface area contributed by atoms with Crippen LogP contribution in [0.25, 0.3) is 11.1 Å². The summed E-state index contributed by atoms with van der Waals surface area (Å²) in [6, 6.07) is 16.5. The van der Waals surface area contributed by atoms with E-state index in [2.05, 4.69) is 58.9 Å². The fraction of sp³-hybridized carbons (Fsp3) is 0.368. The predicted molar refractivity (Wildman–Crippen MR) is 96.0 cm³/mol. The fourth-order valence-electron chi connectivity index (χ4n) is 3.79. The number of hydrogen-bond acceptors (Lipinski definition) is 3. The molecule has 1 atom stereocenters. The standard InChI is InChI=1S/C19H22N2S/c1-22-19-5-3-2-4-17(19)14-6-7-18-15(12-14)13-16-8-9-20-10-11-21(16)18/h2-7,12,16,20H,8-11,13H2,1H3. The van der Waals surface area contributed by atoms with Crippen molar-refractivity contribution < 1.29 is 0 Å². The molecule has 0 aromatic heterocycles. The molecule has 2 aromatic carbocycles. The molecule has 2 heterocycles. The Morgan fingerprint density at radius 2 is 2.05 bits per heavy atom. The lowest BCUT2D eigenvalue weighted by Crippen LogP contribution is -2.32. The van der Waals surface area contributed by atoms with Gasteiger partial charge < -0.3 is 10.2 Å². The van der Waals surface area contributed by atoms with Gasteiger partial charge in [-0.25, -0.2) is 0 Å². The summed E-state index contributed by atoms with van der Waals surface area (Å²) in [5, 5.41) is 3.51. The van der Waals surface area contributed by atoms with E-state index in [1.807, 2.05) is 11.8 Å². The molecule has 0 spiro atoms. The summed E-state index contributed by atoms with van der Waals surface area (Å²) in [5.41, 5.74) is 5.71. The van der Waals surface area contributed by atoms with Crippen LogP contribution in [-0.2, 0) is 6.42 Å². The van der Waals surface area contributed by atoms with E-state index >= 15 is 0 Å². The van der Waals surface area contributed by atoms with Crippen LogP contribution in [0.4, 0.5) is 5.69 Å². The Kier molecular flexibility index (Phi) is 3.85. The van der Waals surface area contributed by atoms with Crippen molar-refractivity contribution in [1.29, 1.82) is 0 Å². The third-order valence-corrected chi connectivity index (χ3v) is 5.68. The molecule has 0 bridgehead atoms. The predicted octanol–water partition coefficient (Wildman–Crippen LogP) is 3.80. The monoisotopic (exact) mass is 310 g/mol. The van der Waals surface area contributed by atoms with E-state index in [9.17, 15) is 0 Å². The molecule has 2 aliphatic rings. The first kappa shape index (κ1) is 14.2. The molecule has 1 unspecified atom stereocenters. The highest BCUT2D eigenvalue weighted by molar-refractivity contribution is 7.98. The number of thioether (sulfide) groups is 1. The molecule has 4 rings (SSSR count). The number of fused-ring (bicyclic) bond motifs is 3.